The fourth-order valence-corrected chi connectivity index (χ4v) is 3.31. The van der Waals surface area contributed by atoms with Crippen LogP contribution in [0.1, 0.15) is 70.8 Å². The average Bonchev–Trinajstić information content (AvgIpc) is 2.60. The second-order valence-electron chi connectivity index (χ2n) is 6.75. The highest BCUT2D eigenvalue weighted by Gasteiger charge is 2.20. The maximum absolute atomic E-state index is 12.9. The molecule has 0 radical (unpaired) electrons. The van der Waals surface area contributed by atoms with E-state index in [0.717, 1.165) is 49.8 Å². The van der Waals surface area contributed by atoms with E-state index in [1.165, 1.54) is 29.6 Å². The van der Waals surface area contributed by atoms with Crippen LogP contribution < -0.4 is 5.32 Å². The largest absolute Gasteiger partial charge is 0.322 e. The lowest BCUT2D eigenvalue weighted by atomic mass is 9.84. The molecule has 1 fully saturated rings. The van der Waals surface area contributed by atoms with E-state index in [0.29, 0.717) is 0 Å². The number of carbonyl (C=O) groups is 1. The van der Waals surface area contributed by atoms with Crippen molar-refractivity contribution in [2.75, 3.05) is 5.32 Å². The van der Waals surface area contributed by atoms with Gasteiger partial charge in [-0.2, -0.15) is 0 Å². The molecule has 0 spiro atoms. The van der Waals surface area contributed by atoms with Gasteiger partial charge in [-0.3, -0.25) is 4.79 Å². The lowest BCUT2D eigenvalue weighted by molar-refractivity contribution is -0.113. The molecule has 0 bridgehead atoms. The smallest absolute Gasteiger partial charge is 0.251 e. The topological polar surface area (TPSA) is 29.1 Å². The molecule has 130 valence electrons. The summed E-state index contributed by atoms with van der Waals surface area (Å²) < 4.78 is 0. The summed E-state index contributed by atoms with van der Waals surface area (Å²) in [6, 6.07) is 8.04. The highest BCUT2D eigenvalue weighted by molar-refractivity contribution is 6.04. The number of unbranched alkanes of at least 4 members (excludes halogenated alkanes) is 1. The molecule has 0 atom stereocenters. The van der Waals surface area contributed by atoms with Crippen LogP contribution in [-0.4, -0.2) is 5.91 Å². The Hall–Kier alpha value is -1.83. The van der Waals surface area contributed by atoms with Crippen LogP contribution >= 0.6 is 0 Å². The minimum Gasteiger partial charge on any atom is -0.322 e. The van der Waals surface area contributed by atoms with Gasteiger partial charge >= 0.3 is 0 Å². The minimum absolute atomic E-state index is 0.0833. The normalized spacial score (nSPS) is 18.5. The summed E-state index contributed by atoms with van der Waals surface area (Å²) in [7, 11) is 0. The Morgan fingerprint density at radius 1 is 1.08 bits per heavy atom. The maximum Gasteiger partial charge on any atom is 0.251 e. The van der Waals surface area contributed by atoms with Crippen molar-refractivity contribution in [1.29, 1.82) is 0 Å². The Morgan fingerprint density at radius 2 is 1.79 bits per heavy atom. The van der Waals surface area contributed by atoms with Crippen molar-refractivity contribution in [3.63, 3.8) is 0 Å². The Kier molecular flexibility index (Phi) is 7.30. The van der Waals surface area contributed by atoms with Gasteiger partial charge in [-0.25, -0.2) is 0 Å². The van der Waals surface area contributed by atoms with Gasteiger partial charge in [0.05, 0.1) is 0 Å². The first-order valence-corrected chi connectivity index (χ1v) is 9.45. The van der Waals surface area contributed by atoms with Gasteiger partial charge in [0.2, 0.25) is 0 Å². The Bertz CT molecular complexity index is 607. The van der Waals surface area contributed by atoms with E-state index in [4.69, 9.17) is 0 Å². The number of aryl methyl sites for hydroxylation is 1. The van der Waals surface area contributed by atoms with Crippen molar-refractivity contribution >= 4 is 11.6 Å². The zero-order valence-electron chi connectivity index (χ0n) is 15.5. The molecule has 2 heteroatoms. The summed E-state index contributed by atoms with van der Waals surface area (Å²) >= 11 is 0. The van der Waals surface area contributed by atoms with Gasteiger partial charge in [0.15, 0.2) is 0 Å². The summed E-state index contributed by atoms with van der Waals surface area (Å²) in [4.78, 5) is 12.9. The Balaban J connectivity index is 2.27. The molecule has 0 aliphatic heterocycles. The lowest BCUT2D eigenvalue weighted by Gasteiger charge is -2.22. The first kappa shape index (κ1) is 18.5. The molecule has 1 aromatic rings. The number of hydrogen-bond acceptors (Lipinski definition) is 1. The number of allylic oxidation sites excluding steroid dienone is 3. The molecule has 0 unspecified atom stereocenters. The van der Waals surface area contributed by atoms with Crippen LogP contribution in [0.5, 0.6) is 0 Å². The van der Waals surface area contributed by atoms with Crippen LogP contribution in [0, 0.1) is 6.92 Å². The number of amides is 1. The highest BCUT2D eigenvalue weighted by atomic mass is 16.1. The third-order valence-electron chi connectivity index (χ3n) is 4.64. The van der Waals surface area contributed by atoms with Crippen LogP contribution in [0.3, 0.4) is 0 Å². The molecular formula is C22H31NO. The van der Waals surface area contributed by atoms with Crippen LogP contribution in [0.4, 0.5) is 5.69 Å². The molecule has 24 heavy (non-hydrogen) atoms. The van der Waals surface area contributed by atoms with E-state index in [1.54, 1.807) is 0 Å². The van der Waals surface area contributed by atoms with Crippen molar-refractivity contribution < 1.29 is 4.79 Å². The number of nitrogens with one attached hydrogen (secondary N) is 1. The first-order chi connectivity index (χ1) is 11.7. The van der Waals surface area contributed by atoms with Crippen LogP contribution in [0.15, 0.2) is 47.1 Å². The van der Waals surface area contributed by atoms with E-state index >= 15 is 0 Å². The fraction of sp³-hybridized carbons (Fsp3) is 0.500. The number of rotatable bonds is 6. The van der Waals surface area contributed by atoms with E-state index in [2.05, 4.69) is 32.2 Å². The summed E-state index contributed by atoms with van der Waals surface area (Å²) in [5.41, 5.74) is 5.83. The third-order valence-corrected chi connectivity index (χ3v) is 4.64. The van der Waals surface area contributed by atoms with Crippen molar-refractivity contribution in [3.05, 3.63) is 52.6 Å². The lowest BCUT2D eigenvalue weighted by Crippen LogP contribution is -2.18. The number of benzene rings is 1. The Labute approximate surface area is 147 Å². The summed E-state index contributed by atoms with van der Waals surface area (Å²) in [6.45, 7) is 6.42. The molecule has 0 heterocycles. The van der Waals surface area contributed by atoms with Crippen molar-refractivity contribution in [1.82, 2.24) is 0 Å². The van der Waals surface area contributed by atoms with Gasteiger partial charge in [-0.15, -0.1) is 0 Å². The van der Waals surface area contributed by atoms with Crippen molar-refractivity contribution in [2.24, 2.45) is 0 Å². The molecule has 2 nitrogen and oxygen atoms in total. The highest BCUT2D eigenvalue weighted by Crippen LogP contribution is 2.33. The molecule has 1 saturated carbocycles. The summed E-state index contributed by atoms with van der Waals surface area (Å²) in [5, 5.41) is 3.10. The van der Waals surface area contributed by atoms with Gasteiger partial charge < -0.3 is 5.32 Å². The van der Waals surface area contributed by atoms with E-state index in [1.807, 2.05) is 24.3 Å². The fourth-order valence-electron chi connectivity index (χ4n) is 3.31. The van der Waals surface area contributed by atoms with Crippen molar-refractivity contribution in [3.8, 4) is 0 Å². The third kappa shape index (κ3) is 5.09. The summed E-state index contributed by atoms with van der Waals surface area (Å²) in [5.74, 6) is 0.0833. The zero-order valence-corrected chi connectivity index (χ0v) is 15.5. The molecule has 0 saturated heterocycles. The predicted octanol–water partition coefficient (Wildman–Crippen LogP) is 6.33. The van der Waals surface area contributed by atoms with Crippen LogP contribution in [0.2, 0.25) is 0 Å². The molecule has 0 aromatic heterocycles. The molecule has 1 N–H and O–H groups in total. The maximum atomic E-state index is 12.9. The van der Waals surface area contributed by atoms with E-state index in [-0.39, 0.29) is 5.91 Å². The molecular weight excluding hydrogens is 294 g/mol. The van der Waals surface area contributed by atoms with Gasteiger partial charge in [0.25, 0.3) is 5.91 Å². The second-order valence-corrected chi connectivity index (χ2v) is 6.75. The molecule has 2 rings (SSSR count). The molecule has 1 aliphatic carbocycles. The first-order valence-electron chi connectivity index (χ1n) is 9.45. The molecule has 1 amide bonds. The number of anilines is 1. The Morgan fingerprint density at radius 3 is 2.46 bits per heavy atom. The quantitative estimate of drug-likeness (QED) is 0.608. The minimum atomic E-state index is 0.0833. The number of carbonyl (C=O) groups excluding carboxylic acids is 1. The second kappa shape index (κ2) is 9.46. The van der Waals surface area contributed by atoms with Gasteiger partial charge in [0.1, 0.15) is 0 Å². The average molecular weight is 325 g/mol. The predicted molar refractivity (Wildman–Crippen MR) is 103 cm³/mol. The van der Waals surface area contributed by atoms with Crippen LogP contribution in [0.25, 0.3) is 0 Å². The van der Waals surface area contributed by atoms with Crippen LogP contribution in [-0.2, 0) is 4.79 Å². The number of hydrogen-bond donors (Lipinski definition) is 1. The zero-order chi connectivity index (χ0) is 17.4. The van der Waals surface area contributed by atoms with E-state index in [9.17, 15) is 4.79 Å². The molecule has 1 aromatic carbocycles. The summed E-state index contributed by atoms with van der Waals surface area (Å²) in [6.07, 6.45) is 11.1. The van der Waals surface area contributed by atoms with E-state index < -0.39 is 0 Å². The van der Waals surface area contributed by atoms with Gasteiger partial charge in [0, 0.05) is 11.3 Å². The van der Waals surface area contributed by atoms with Crippen molar-refractivity contribution in [2.45, 2.75) is 72.1 Å². The monoisotopic (exact) mass is 325 g/mol. The SMILES string of the molecule is CCC/C=C1\CCCC\C1=C(/CCC)C(=O)Nc1ccc(C)cc1. The van der Waals surface area contributed by atoms with Gasteiger partial charge in [-0.1, -0.05) is 50.5 Å². The standard InChI is InChI=1S/C22H31NO/c1-4-6-10-18-11-7-8-12-20(18)21(9-5-2)22(24)23-19-15-13-17(3)14-16-19/h10,13-16H,4-9,11-12H2,1-3H3,(H,23,24)/b18-10+,21-20-. The van der Waals surface area contributed by atoms with Gasteiger partial charge in [-0.05, 0) is 68.7 Å². The molecule has 1 aliphatic rings.